The Bertz CT molecular complexity index is 483. The number of carbonyl (C=O) groups is 1. The molecule has 1 aromatic rings. The number of hydrogen-bond acceptors (Lipinski definition) is 4. The van der Waals surface area contributed by atoms with Crippen molar-refractivity contribution in [2.45, 2.75) is 26.0 Å². The lowest BCUT2D eigenvalue weighted by molar-refractivity contribution is 0.0945. The Morgan fingerprint density at radius 3 is 2.73 bits per heavy atom. The van der Waals surface area contributed by atoms with E-state index in [1.165, 1.54) is 5.56 Å². The van der Waals surface area contributed by atoms with Crippen molar-refractivity contribution in [3.63, 3.8) is 0 Å². The molecule has 0 spiro atoms. The van der Waals surface area contributed by atoms with Crippen LogP contribution in [0.4, 0.5) is 0 Å². The number of aliphatic hydroxyl groups excluding tert-OH is 1. The molecule has 5 heteroatoms. The summed E-state index contributed by atoms with van der Waals surface area (Å²) in [5.41, 5.74) is 1.87. The highest BCUT2D eigenvalue weighted by molar-refractivity contribution is 5.94. The summed E-state index contributed by atoms with van der Waals surface area (Å²) in [6.45, 7) is 7.45. The van der Waals surface area contributed by atoms with Crippen LogP contribution in [-0.4, -0.2) is 66.7 Å². The molecule has 122 valence electrons. The average molecular weight is 305 g/mol. The normalized spacial score (nSPS) is 18.1. The lowest BCUT2D eigenvalue weighted by Gasteiger charge is -2.32. The van der Waals surface area contributed by atoms with Crippen molar-refractivity contribution in [3.8, 4) is 0 Å². The maximum absolute atomic E-state index is 12.1. The van der Waals surface area contributed by atoms with E-state index < -0.39 is 0 Å². The molecular formula is C17H27N3O2. The predicted molar refractivity (Wildman–Crippen MR) is 87.8 cm³/mol. The van der Waals surface area contributed by atoms with Crippen molar-refractivity contribution in [2.75, 3.05) is 39.8 Å². The molecule has 5 nitrogen and oxygen atoms in total. The van der Waals surface area contributed by atoms with Gasteiger partial charge in [-0.3, -0.25) is 9.69 Å². The number of likely N-dealkylation sites (N-methyl/N-ethyl adjacent to an activating group) is 1. The third-order valence-electron chi connectivity index (χ3n) is 4.04. The van der Waals surface area contributed by atoms with Gasteiger partial charge in [-0.1, -0.05) is 12.1 Å². The first-order valence-electron chi connectivity index (χ1n) is 8.00. The molecular weight excluding hydrogens is 278 g/mol. The van der Waals surface area contributed by atoms with Gasteiger partial charge in [-0.05, 0) is 38.1 Å². The Labute approximate surface area is 132 Å². The fraction of sp³-hybridized carbons (Fsp3) is 0.588. The van der Waals surface area contributed by atoms with E-state index in [2.05, 4.69) is 28.2 Å². The summed E-state index contributed by atoms with van der Waals surface area (Å²) in [7, 11) is 2.15. The van der Waals surface area contributed by atoms with Gasteiger partial charge in [-0.25, -0.2) is 0 Å². The van der Waals surface area contributed by atoms with E-state index in [0.29, 0.717) is 18.5 Å². The van der Waals surface area contributed by atoms with Crippen LogP contribution in [0.1, 0.15) is 29.3 Å². The first kappa shape index (κ1) is 16.9. The van der Waals surface area contributed by atoms with E-state index in [4.69, 9.17) is 0 Å². The number of aliphatic hydroxyl groups is 1. The number of amides is 1. The van der Waals surface area contributed by atoms with E-state index in [0.717, 1.165) is 32.7 Å². The second-order valence-corrected chi connectivity index (χ2v) is 6.17. The number of nitrogens with zero attached hydrogens (tertiary/aromatic N) is 2. The molecule has 1 atom stereocenters. The molecule has 1 fully saturated rings. The molecule has 1 aliphatic heterocycles. The highest BCUT2D eigenvalue weighted by Gasteiger charge is 2.14. The largest absolute Gasteiger partial charge is 0.393 e. The second-order valence-electron chi connectivity index (χ2n) is 6.17. The number of carbonyl (C=O) groups excluding carboxylic acids is 1. The summed E-state index contributed by atoms with van der Waals surface area (Å²) in [5.74, 6) is -0.0686. The molecule has 22 heavy (non-hydrogen) atoms. The van der Waals surface area contributed by atoms with Gasteiger partial charge in [0.05, 0.1) is 6.10 Å². The second kappa shape index (κ2) is 8.27. The standard InChI is InChI=1S/C17H27N3O2/c1-14(21)6-7-18-17(22)16-5-3-4-15(12-16)13-20-10-8-19(2)9-11-20/h3-5,12,14,21H,6-11,13H2,1-2H3,(H,18,22). The van der Waals surface area contributed by atoms with Crippen molar-refractivity contribution < 1.29 is 9.90 Å². The van der Waals surface area contributed by atoms with Crippen LogP contribution >= 0.6 is 0 Å². The molecule has 2 rings (SSSR count). The zero-order valence-corrected chi connectivity index (χ0v) is 13.6. The lowest BCUT2D eigenvalue weighted by atomic mass is 10.1. The van der Waals surface area contributed by atoms with Gasteiger partial charge in [0.15, 0.2) is 0 Å². The van der Waals surface area contributed by atoms with Gasteiger partial charge >= 0.3 is 0 Å². The van der Waals surface area contributed by atoms with Crippen molar-refractivity contribution in [2.24, 2.45) is 0 Å². The quantitative estimate of drug-likeness (QED) is 0.821. The van der Waals surface area contributed by atoms with Crippen molar-refractivity contribution in [1.82, 2.24) is 15.1 Å². The van der Waals surface area contributed by atoms with Crippen LogP contribution in [0.3, 0.4) is 0 Å². The van der Waals surface area contributed by atoms with Crippen molar-refractivity contribution in [3.05, 3.63) is 35.4 Å². The van der Waals surface area contributed by atoms with Gasteiger partial charge in [0, 0.05) is 44.8 Å². The summed E-state index contributed by atoms with van der Waals surface area (Å²) >= 11 is 0. The third-order valence-corrected chi connectivity index (χ3v) is 4.04. The Balaban J connectivity index is 1.87. The number of piperazine rings is 1. The van der Waals surface area contributed by atoms with E-state index >= 15 is 0 Å². The van der Waals surface area contributed by atoms with Crippen LogP contribution in [0.2, 0.25) is 0 Å². The van der Waals surface area contributed by atoms with Crippen molar-refractivity contribution in [1.29, 1.82) is 0 Å². The first-order valence-corrected chi connectivity index (χ1v) is 8.00. The van der Waals surface area contributed by atoms with Crippen LogP contribution in [0.25, 0.3) is 0 Å². The Kier molecular flexibility index (Phi) is 6.36. The minimum Gasteiger partial charge on any atom is -0.393 e. The summed E-state index contributed by atoms with van der Waals surface area (Å²) in [4.78, 5) is 16.9. The minimum atomic E-state index is -0.385. The number of rotatable bonds is 6. The molecule has 2 N–H and O–H groups in total. The minimum absolute atomic E-state index is 0.0686. The van der Waals surface area contributed by atoms with E-state index in [1.54, 1.807) is 6.92 Å². The molecule has 1 aliphatic rings. The highest BCUT2D eigenvalue weighted by Crippen LogP contribution is 2.10. The van der Waals surface area contributed by atoms with Crippen LogP contribution in [0, 0.1) is 0 Å². The summed E-state index contributed by atoms with van der Waals surface area (Å²) < 4.78 is 0. The van der Waals surface area contributed by atoms with Crippen molar-refractivity contribution >= 4 is 5.91 Å². The van der Waals surface area contributed by atoms with Crippen LogP contribution in [0.15, 0.2) is 24.3 Å². The molecule has 1 heterocycles. The molecule has 1 amide bonds. The van der Waals surface area contributed by atoms with Gasteiger partial charge in [-0.15, -0.1) is 0 Å². The molecule has 0 bridgehead atoms. The zero-order valence-electron chi connectivity index (χ0n) is 13.6. The first-order chi connectivity index (χ1) is 10.5. The molecule has 0 radical (unpaired) electrons. The monoisotopic (exact) mass is 305 g/mol. The Morgan fingerprint density at radius 2 is 2.05 bits per heavy atom. The molecule has 0 aliphatic carbocycles. The Hall–Kier alpha value is -1.43. The molecule has 0 aromatic heterocycles. The average Bonchev–Trinajstić information content (AvgIpc) is 2.49. The molecule has 0 saturated carbocycles. The summed E-state index contributed by atoms with van der Waals surface area (Å²) in [6, 6.07) is 7.82. The third kappa shape index (κ3) is 5.40. The fourth-order valence-corrected chi connectivity index (χ4v) is 2.57. The maximum Gasteiger partial charge on any atom is 0.251 e. The topological polar surface area (TPSA) is 55.8 Å². The number of hydrogen-bond donors (Lipinski definition) is 2. The van der Waals surface area contributed by atoms with Crippen LogP contribution < -0.4 is 5.32 Å². The molecule has 1 aromatic carbocycles. The van der Waals surface area contributed by atoms with Gasteiger partial charge in [0.1, 0.15) is 0 Å². The van der Waals surface area contributed by atoms with Gasteiger partial charge < -0.3 is 15.3 Å². The predicted octanol–water partition coefficient (Wildman–Crippen LogP) is 0.935. The highest BCUT2D eigenvalue weighted by atomic mass is 16.3. The van der Waals surface area contributed by atoms with Crippen LogP contribution in [-0.2, 0) is 6.54 Å². The smallest absolute Gasteiger partial charge is 0.251 e. The molecule has 1 unspecified atom stereocenters. The van der Waals surface area contributed by atoms with Gasteiger partial charge in [-0.2, -0.15) is 0 Å². The van der Waals surface area contributed by atoms with Gasteiger partial charge in [0.25, 0.3) is 5.91 Å². The van der Waals surface area contributed by atoms with E-state index in [9.17, 15) is 9.90 Å². The number of nitrogens with one attached hydrogen (secondary N) is 1. The number of benzene rings is 1. The van der Waals surface area contributed by atoms with Crippen LogP contribution in [0.5, 0.6) is 0 Å². The van der Waals surface area contributed by atoms with E-state index in [1.807, 2.05) is 18.2 Å². The summed E-state index contributed by atoms with van der Waals surface area (Å²) in [5, 5.41) is 12.1. The fourth-order valence-electron chi connectivity index (χ4n) is 2.57. The molecule has 1 saturated heterocycles. The van der Waals surface area contributed by atoms with E-state index in [-0.39, 0.29) is 12.0 Å². The SMILES string of the molecule is CC(O)CCNC(=O)c1cccc(CN2CCN(C)CC2)c1. The maximum atomic E-state index is 12.1. The summed E-state index contributed by atoms with van der Waals surface area (Å²) in [6.07, 6.45) is 0.191. The lowest BCUT2D eigenvalue weighted by Crippen LogP contribution is -2.43. The van der Waals surface area contributed by atoms with Gasteiger partial charge in [0.2, 0.25) is 0 Å². The Morgan fingerprint density at radius 1 is 1.32 bits per heavy atom. The zero-order chi connectivity index (χ0) is 15.9.